The van der Waals surface area contributed by atoms with Gasteiger partial charge in [-0.25, -0.2) is 4.98 Å². The van der Waals surface area contributed by atoms with E-state index in [0.29, 0.717) is 5.82 Å². The molecule has 5 heteroatoms. The Bertz CT molecular complexity index is 641. The van der Waals surface area contributed by atoms with Crippen LogP contribution in [0, 0.1) is 0 Å². The number of hydrogen-bond donors (Lipinski definition) is 0. The van der Waals surface area contributed by atoms with Crippen molar-refractivity contribution in [3.05, 3.63) is 36.3 Å². The summed E-state index contributed by atoms with van der Waals surface area (Å²) >= 11 is 0. The lowest BCUT2D eigenvalue weighted by molar-refractivity contribution is 0.103. The van der Waals surface area contributed by atoms with Gasteiger partial charge in [0.1, 0.15) is 5.75 Å². The summed E-state index contributed by atoms with van der Waals surface area (Å²) in [6.07, 6.45) is 3.22. The Morgan fingerprint density at radius 3 is 2.79 bits per heavy atom. The standard InChI is InChI=1S/C14H17N3O2/c1-16(2)8-7-13(18)14-15-11-9-10(19-4)5-6-12(11)17(14)3/h5-9H,1-4H3/b8-7+. The molecule has 5 nitrogen and oxygen atoms in total. The van der Waals surface area contributed by atoms with E-state index < -0.39 is 0 Å². The van der Waals surface area contributed by atoms with E-state index in [0.717, 1.165) is 16.8 Å². The second-order valence-corrected chi connectivity index (χ2v) is 4.49. The molecule has 0 amide bonds. The van der Waals surface area contributed by atoms with Crippen molar-refractivity contribution in [3.8, 4) is 5.75 Å². The predicted molar refractivity (Wildman–Crippen MR) is 74.4 cm³/mol. The molecule has 1 aromatic heterocycles. The van der Waals surface area contributed by atoms with E-state index in [1.54, 1.807) is 17.9 Å². The minimum absolute atomic E-state index is 0.119. The highest BCUT2D eigenvalue weighted by Gasteiger charge is 2.13. The molecule has 0 saturated carbocycles. The van der Waals surface area contributed by atoms with Crippen LogP contribution in [0.4, 0.5) is 0 Å². The molecule has 1 aromatic carbocycles. The average Bonchev–Trinajstić information content (AvgIpc) is 2.72. The van der Waals surface area contributed by atoms with Crippen molar-refractivity contribution >= 4 is 16.8 Å². The summed E-state index contributed by atoms with van der Waals surface area (Å²) in [5.74, 6) is 1.03. The summed E-state index contributed by atoms with van der Waals surface area (Å²) in [6, 6.07) is 5.57. The first kappa shape index (κ1) is 13.1. The number of aryl methyl sites for hydroxylation is 1. The van der Waals surface area contributed by atoms with Gasteiger partial charge in [0.25, 0.3) is 0 Å². The Labute approximate surface area is 112 Å². The van der Waals surface area contributed by atoms with E-state index >= 15 is 0 Å². The largest absolute Gasteiger partial charge is 0.497 e. The van der Waals surface area contributed by atoms with Crippen LogP contribution in [0.15, 0.2) is 30.5 Å². The van der Waals surface area contributed by atoms with Gasteiger partial charge in [-0.15, -0.1) is 0 Å². The molecule has 0 atom stereocenters. The van der Waals surface area contributed by atoms with Crippen LogP contribution in [-0.4, -0.2) is 41.4 Å². The molecular formula is C14H17N3O2. The van der Waals surface area contributed by atoms with Crippen molar-refractivity contribution in [2.24, 2.45) is 7.05 Å². The van der Waals surface area contributed by atoms with Crippen LogP contribution in [0.25, 0.3) is 11.0 Å². The molecule has 0 aliphatic rings. The maximum Gasteiger partial charge on any atom is 0.222 e. The summed E-state index contributed by atoms with van der Waals surface area (Å²) in [6.45, 7) is 0. The Morgan fingerprint density at radius 2 is 2.16 bits per heavy atom. The number of carbonyl (C=O) groups is 1. The lowest BCUT2D eigenvalue weighted by Gasteiger charge is -2.03. The number of methoxy groups -OCH3 is 1. The average molecular weight is 259 g/mol. The molecule has 0 bridgehead atoms. The van der Waals surface area contributed by atoms with Crippen LogP contribution in [-0.2, 0) is 7.05 Å². The molecule has 0 saturated heterocycles. The first-order chi connectivity index (χ1) is 9.02. The number of aromatic nitrogens is 2. The van der Waals surface area contributed by atoms with Gasteiger partial charge in [-0.1, -0.05) is 0 Å². The molecule has 0 fully saturated rings. The number of ether oxygens (including phenoxy) is 1. The zero-order valence-electron chi connectivity index (χ0n) is 11.5. The van der Waals surface area contributed by atoms with E-state index in [4.69, 9.17) is 4.74 Å². The highest BCUT2D eigenvalue weighted by molar-refractivity contribution is 6.04. The van der Waals surface area contributed by atoms with Crippen LogP contribution in [0.2, 0.25) is 0 Å². The van der Waals surface area contributed by atoms with Gasteiger partial charge >= 0.3 is 0 Å². The van der Waals surface area contributed by atoms with E-state index in [9.17, 15) is 4.79 Å². The zero-order valence-corrected chi connectivity index (χ0v) is 11.5. The van der Waals surface area contributed by atoms with Gasteiger partial charge in [0.05, 0.1) is 18.1 Å². The number of hydrogen-bond acceptors (Lipinski definition) is 4. The van der Waals surface area contributed by atoms with Crippen LogP contribution in [0.5, 0.6) is 5.75 Å². The number of benzene rings is 1. The Morgan fingerprint density at radius 1 is 1.42 bits per heavy atom. The second-order valence-electron chi connectivity index (χ2n) is 4.49. The molecule has 0 unspecified atom stereocenters. The van der Waals surface area contributed by atoms with Gasteiger partial charge in [-0.05, 0) is 12.1 Å². The molecule has 0 aliphatic heterocycles. The summed E-state index contributed by atoms with van der Waals surface area (Å²) in [5.41, 5.74) is 1.66. The number of fused-ring (bicyclic) bond motifs is 1. The maximum absolute atomic E-state index is 12.1. The molecule has 0 spiro atoms. The normalized spacial score (nSPS) is 11.2. The molecular weight excluding hydrogens is 242 g/mol. The van der Waals surface area contributed by atoms with E-state index in [2.05, 4.69) is 4.98 Å². The number of ketones is 1. The lowest BCUT2D eigenvalue weighted by Crippen LogP contribution is -2.07. The quantitative estimate of drug-likeness (QED) is 0.621. The van der Waals surface area contributed by atoms with Gasteiger partial charge in [0, 0.05) is 39.5 Å². The smallest absolute Gasteiger partial charge is 0.222 e. The zero-order chi connectivity index (χ0) is 14.0. The maximum atomic E-state index is 12.1. The molecule has 0 radical (unpaired) electrons. The van der Waals surface area contributed by atoms with Gasteiger partial charge in [-0.2, -0.15) is 0 Å². The lowest BCUT2D eigenvalue weighted by atomic mass is 10.3. The molecule has 0 aliphatic carbocycles. The summed E-state index contributed by atoms with van der Waals surface area (Å²) in [7, 11) is 7.17. The molecule has 1 heterocycles. The number of nitrogens with zero attached hydrogens (tertiary/aromatic N) is 3. The molecule has 2 aromatic rings. The van der Waals surface area contributed by atoms with E-state index in [-0.39, 0.29) is 5.78 Å². The molecule has 2 rings (SSSR count). The fourth-order valence-corrected chi connectivity index (χ4v) is 1.82. The minimum Gasteiger partial charge on any atom is -0.497 e. The Kier molecular flexibility index (Phi) is 3.55. The summed E-state index contributed by atoms with van der Waals surface area (Å²) in [4.78, 5) is 18.2. The summed E-state index contributed by atoms with van der Waals surface area (Å²) in [5, 5.41) is 0. The van der Waals surface area contributed by atoms with Crippen molar-refractivity contribution in [2.75, 3.05) is 21.2 Å². The van der Waals surface area contributed by atoms with Gasteiger partial charge in [0.15, 0.2) is 5.82 Å². The molecule has 100 valence electrons. The third kappa shape index (κ3) is 2.59. The van der Waals surface area contributed by atoms with Crippen LogP contribution >= 0.6 is 0 Å². The minimum atomic E-state index is -0.119. The topological polar surface area (TPSA) is 47.4 Å². The van der Waals surface area contributed by atoms with Crippen molar-refractivity contribution in [2.45, 2.75) is 0 Å². The summed E-state index contributed by atoms with van der Waals surface area (Å²) < 4.78 is 6.94. The fourth-order valence-electron chi connectivity index (χ4n) is 1.82. The Balaban J connectivity index is 2.44. The van der Waals surface area contributed by atoms with Gasteiger partial charge in [-0.3, -0.25) is 4.79 Å². The number of allylic oxidation sites excluding steroid dienone is 1. The molecule has 0 N–H and O–H groups in total. The van der Waals surface area contributed by atoms with Crippen molar-refractivity contribution in [3.63, 3.8) is 0 Å². The van der Waals surface area contributed by atoms with Gasteiger partial charge < -0.3 is 14.2 Å². The van der Waals surface area contributed by atoms with Gasteiger partial charge in [0.2, 0.25) is 5.78 Å². The first-order valence-corrected chi connectivity index (χ1v) is 5.92. The third-order valence-corrected chi connectivity index (χ3v) is 2.83. The SMILES string of the molecule is COc1ccc2c(c1)nc(C(=O)/C=C/N(C)C)n2C. The van der Waals surface area contributed by atoms with E-state index in [1.807, 2.05) is 44.2 Å². The predicted octanol–water partition coefficient (Wildman–Crippen LogP) is 1.84. The fraction of sp³-hybridized carbons (Fsp3) is 0.286. The third-order valence-electron chi connectivity index (χ3n) is 2.83. The number of imidazole rings is 1. The van der Waals surface area contributed by atoms with E-state index in [1.165, 1.54) is 6.08 Å². The highest BCUT2D eigenvalue weighted by Crippen LogP contribution is 2.21. The van der Waals surface area contributed by atoms with Crippen LogP contribution < -0.4 is 4.74 Å². The number of carbonyl (C=O) groups excluding carboxylic acids is 1. The van der Waals surface area contributed by atoms with Crippen LogP contribution in [0.1, 0.15) is 10.6 Å². The van der Waals surface area contributed by atoms with Crippen LogP contribution in [0.3, 0.4) is 0 Å². The monoisotopic (exact) mass is 259 g/mol. The van der Waals surface area contributed by atoms with Crippen molar-refractivity contribution in [1.82, 2.24) is 14.5 Å². The molecule has 19 heavy (non-hydrogen) atoms. The number of rotatable bonds is 4. The first-order valence-electron chi connectivity index (χ1n) is 5.92. The Hall–Kier alpha value is -2.30. The van der Waals surface area contributed by atoms with Crippen molar-refractivity contribution < 1.29 is 9.53 Å². The second kappa shape index (κ2) is 5.14. The van der Waals surface area contributed by atoms with Crippen molar-refractivity contribution in [1.29, 1.82) is 0 Å². The highest BCUT2D eigenvalue weighted by atomic mass is 16.5.